The molecule has 1 aromatic carbocycles. The number of hydrogen-bond donors (Lipinski definition) is 0. The Morgan fingerprint density at radius 2 is 2.21 bits per heavy atom. The number of rotatable bonds is 3. The zero-order chi connectivity index (χ0) is 17.3. The van der Waals surface area contributed by atoms with Gasteiger partial charge in [-0.15, -0.1) is 11.3 Å². The summed E-state index contributed by atoms with van der Waals surface area (Å²) in [6, 6.07) is 5.01. The van der Waals surface area contributed by atoms with Gasteiger partial charge in [-0.05, 0) is 18.2 Å². The summed E-state index contributed by atoms with van der Waals surface area (Å²) < 4.78 is 49.2. The van der Waals surface area contributed by atoms with Crippen molar-refractivity contribution in [3.63, 3.8) is 0 Å². The monoisotopic (exact) mass is 356 g/mol. The number of benzene rings is 1. The molecule has 1 saturated heterocycles. The Morgan fingerprint density at radius 1 is 1.42 bits per heavy atom. The molecule has 3 rings (SSSR count). The Kier molecular flexibility index (Phi) is 4.54. The van der Waals surface area contributed by atoms with E-state index in [0.29, 0.717) is 11.3 Å². The fraction of sp³-hybridized carbons (Fsp3) is 0.400. The van der Waals surface area contributed by atoms with Crippen LogP contribution in [0.15, 0.2) is 18.2 Å². The van der Waals surface area contributed by atoms with Gasteiger partial charge >= 0.3 is 6.18 Å². The summed E-state index contributed by atoms with van der Waals surface area (Å²) in [5.41, 5.74) is -0.714. The summed E-state index contributed by atoms with van der Waals surface area (Å²) in [6.07, 6.45) is -5.34. The molecule has 5 nitrogen and oxygen atoms in total. The molecule has 0 unspecified atom stereocenters. The molecular weight excluding hydrogens is 345 g/mol. The lowest BCUT2D eigenvalue weighted by Crippen LogP contribution is -2.38. The lowest BCUT2D eigenvalue weighted by atomic mass is 10.0. The zero-order valence-electron chi connectivity index (χ0n) is 12.2. The van der Waals surface area contributed by atoms with Gasteiger partial charge in [-0.2, -0.15) is 18.4 Å². The average Bonchev–Trinajstić information content (AvgIpc) is 2.98. The minimum absolute atomic E-state index is 0.0557. The summed E-state index contributed by atoms with van der Waals surface area (Å²) in [7, 11) is 0. The summed E-state index contributed by atoms with van der Waals surface area (Å²) in [5.74, 6) is -1.68. The molecule has 24 heavy (non-hydrogen) atoms. The third-order valence-corrected chi connectivity index (χ3v) is 4.63. The number of hydrogen-bond acceptors (Lipinski definition) is 6. The Labute approximate surface area is 138 Å². The van der Waals surface area contributed by atoms with Gasteiger partial charge in [-0.25, -0.2) is 4.98 Å². The zero-order valence-corrected chi connectivity index (χ0v) is 13.0. The lowest BCUT2D eigenvalue weighted by Gasteiger charge is -2.22. The Bertz CT molecular complexity index is 806. The summed E-state index contributed by atoms with van der Waals surface area (Å²) in [5, 5.41) is 9.47. The molecule has 0 N–H and O–H groups in total. The molecule has 0 amide bonds. The minimum atomic E-state index is -4.48. The van der Waals surface area contributed by atoms with Gasteiger partial charge in [0.15, 0.2) is 11.7 Å². The van der Waals surface area contributed by atoms with Crippen molar-refractivity contribution in [3.8, 4) is 6.07 Å². The maximum Gasteiger partial charge on any atom is 0.416 e. The Hall–Kier alpha value is -2.02. The van der Waals surface area contributed by atoms with Gasteiger partial charge < -0.3 is 9.47 Å². The Balaban J connectivity index is 1.92. The molecular formula is C15H11F3N2O3S. The van der Waals surface area contributed by atoms with Crippen LogP contribution < -0.4 is 0 Å². The average molecular weight is 356 g/mol. The summed E-state index contributed by atoms with van der Waals surface area (Å²) in [6.45, 7) is 0.686. The van der Waals surface area contributed by atoms with Gasteiger partial charge in [0.2, 0.25) is 0 Å². The molecule has 0 saturated carbocycles. The standard InChI is InChI=1S/C15H11F3N2O3S/c16-15(17,18)8-1-2-12-10(5-8)20-14(24-12)9(6-19)13(21)11-7-22-3-4-23-11/h1-2,5,9,11H,3-4,7H2/t9-,11+/m0/s1. The topological polar surface area (TPSA) is 72.2 Å². The second-order valence-corrected chi connectivity index (χ2v) is 6.19. The first-order valence-corrected chi connectivity index (χ1v) is 7.82. The van der Waals surface area contributed by atoms with Gasteiger partial charge in [0.05, 0.1) is 41.7 Å². The molecule has 9 heteroatoms. The van der Waals surface area contributed by atoms with Crippen molar-refractivity contribution >= 4 is 27.3 Å². The van der Waals surface area contributed by atoms with E-state index in [-0.39, 0.29) is 23.7 Å². The maximum atomic E-state index is 12.8. The molecule has 1 aliphatic heterocycles. The largest absolute Gasteiger partial charge is 0.416 e. The molecule has 0 bridgehead atoms. The van der Waals surface area contributed by atoms with E-state index < -0.39 is 29.5 Å². The van der Waals surface area contributed by atoms with E-state index in [0.717, 1.165) is 23.5 Å². The second kappa shape index (κ2) is 6.47. The van der Waals surface area contributed by atoms with Gasteiger partial charge in [-0.1, -0.05) is 0 Å². The van der Waals surface area contributed by atoms with E-state index in [1.54, 1.807) is 0 Å². The number of Topliss-reactive ketones (excluding diaryl/α,β-unsaturated/α-hetero) is 1. The van der Waals surface area contributed by atoms with Crippen LogP contribution in [0.4, 0.5) is 13.2 Å². The molecule has 2 atom stereocenters. The SMILES string of the molecule is N#C[C@@H](C(=O)[C@H]1COCCO1)c1nc2cc(C(F)(F)F)ccc2s1. The number of halogens is 3. The molecule has 1 fully saturated rings. The number of fused-ring (bicyclic) bond motifs is 1. The van der Waals surface area contributed by atoms with Crippen molar-refractivity contribution in [1.82, 2.24) is 4.98 Å². The number of ketones is 1. The van der Waals surface area contributed by atoms with Crippen molar-refractivity contribution in [1.29, 1.82) is 5.26 Å². The third kappa shape index (κ3) is 3.26. The van der Waals surface area contributed by atoms with Crippen LogP contribution >= 0.6 is 11.3 Å². The number of nitriles is 1. The predicted molar refractivity (Wildman–Crippen MR) is 78.5 cm³/mol. The molecule has 2 aromatic rings. The van der Waals surface area contributed by atoms with Crippen LogP contribution in [0.1, 0.15) is 16.5 Å². The van der Waals surface area contributed by atoms with E-state index in [1.165, 1.54) is 6.07 Å². The number of carbonyl (C=O) groups is 1. The highest BCUT2D eigenvalue weighted by molar-refractivity contribution is 7.18. The van der Waals surface area contributed by atoms with Crippen molar-refractivity contribution in [2.24, 2.45) is 0 Å². The van der Waals surface area contributed by atoms with Crippen LogP contribution in [0.25, 0.3) is 10.2 Å². The van der Waals surface area contributed by atoms with Crippen LogP contribution in [-0.2, 0) is 20.4 Å². The highest BCUT2D eigenvalue weighted by Gasteiger charge is 2.34. The number of ether oxygens (including phenoxy) is 2. The maximum absolute atomic E-state index is 12.8. The van der Waals surface area contributed by atoms with Gasteiger partial charge in [0.1, 0.15) is 11.1 Å². The second-order valence-electron chi connectivity index (χ2n) is 5.13. The van der Waals surface area contributed by atoms with E-state index in [4.69, 9.17) is 9.47 Å². The van der Waals surface area contributed by atoms with Crippen LogP contribution in [0.2, 0.25) is 0 Å². The fourth-order valence-electron chi connectivity index (χ4n) is 2.32. The van der Waals surface area contributed by atoms with Crippen LogP contribution in [0.3, 0.4) is 0 Å². The molecule has 2 heterocycles. The van der Waals surface area contributed by atoms with E-state index in [9.17, 15) is 23.2 Å². The predicted octanol–water partition coefficient (Wildman–Crippen LogP) is 2.91. The van der Waals surface area contributed by atoms with E-state index >= 15 is 0 Å². The van der Waals surface area contributed by atoms with Crippen LogP contribution in [0.5, 0.6) is 0 Å². The molecule has 0 aliphatic carbocycles. The first-order chi connectivity index (χ1) is 11.4. The molecule has 1 aliphatic rings. The Morgan fingerprint density at radius 3 is 2.83 bits per heavy atom. The van der Waals surface area contributed by atoms with Crippen molar-refractivity contribution < 1.29 is 27.4 Å². The lowest BCUT2D eigenvalue weighted by molar-refractivity contribution is -0.145. The number of thiazole rings is 1. The number of nitrogens with zero attached hydrogens (tertiary/aromatic N) is 2. The molecule has 0 spiro atoms. The molecule has 126 valence electrons. The first-order valence-electron chi connectivity index (χ1n) is 7.00. The van der Waals surface area contributed by atoms with Crippen LogP contribution in [-0.4, -0.2) is 36.7 Å². The number of aromatic nitrogens is 1. The first kappa shape index (κ1) is 16.8. The third-order valence-electron chi connectivity index (χ3n) is 3.53. The van der Waals surface area contributed by atoms with Crippen molar-refractivity contribution in [2.75, 3.05) is 19.8 Å². The minimum Gasteiger partial charge on any atom is -0.376 e. The van der Waals surface area contributed by atoms with E-state index in [2.05, 4.69) is 4.98 Å². The van der Waals surface area contributed by atoms with Crippen LogP contribution in [0, 0.1) is 11.3 Å². The normalized spacial score (nSPS) is 19.8. The van der Waals surface area contributed by atoms with Gasteiger partial charge in [-0.3, -0.25) is 4.79 Å². The summed E-state index contributed by atoms with van der Waals surface area (Å²) in [4.78, 5) is 16.4. The van der Waals surface area contributed by atoms with Crippen molar-refractivity contribution in [3.05, 3.63) is 28.8 Å². The van der Waals surface area contributed by atoms with Gasteiger partial charge in [0.25, 0.3) is 0 Å². The smallest absolute Gasteiger partial charge is 0.376 e. The quantitative estimate of drug-likeness (QED) is 0.846. The highest BCUT2D eigenvalue weighted by Crippen LogP contribution is 2.34. The number of alkyl halides is 3. The number of carbonyl (C=O) groups excluding carboxylic acids is 1. The fourth-order valence-corrected chi connectivity index (χ4v) is 3.32. The molecule has 0 radical (unpaired) electrons. The molecule has 1 aromatic heterocycles. The highest BCUT2D eigenvalue weighted by atomic mass is 32.1. The van der Waals surface area contributed by atoms with Gasteiger partial charge in [0, 0.05) is 0 Å². The van der Waals surface area contributed by atoms with E-state index in [1.807, 2.05) is 6.07 Å². The summed E-state index contributed by atoms with van der Waals surface area (Å²) >= 11 is 1.02. The van der Waals surface area contributed by atoms with Crippen molar-refractivity contribution in [2.45, 2.75) is 18.2 Å².